The largest absolute Gasteiger partial charge is 0.436 e. The van der Waals surface area contributed by atoms with Crippen LogP contribution >= 0.6 is 0 Å². The summed E-state index contributed by atoms with van der Waals surface area (Å²) < 4.78 is 0. The van der Waals surface area contributed by atoms with Crippen LogP contribution in [0.1, 0.15) is 39.0 Å². The normalized spacial score (nSPS) is 16.8. The molecule has 0 aliphatic heterocycles. The minimum Gasteiger partial charge on any atom is -0.304 e. The lowest BCUT2D eigenvalue weighted by molar-refractivity contribution is 0.0585. The minimum atomic E-state index is -0.383. The maximum Gasteiger partial charge on any atom is 0.436 e. The predicted molar refractivity (Wildman–Crippen MR) is 59.0 cm³/mol. The molecule has 0 atom stereocenters. The molecule has 0 unspecified atom stereocenters. The molecule has 1 amide bonds. The standard InChI is InChI=1S/C10H17N5O2/c1-2-14(9-6-4-3-5-7-9)10(16)17-15-8-11-12-13-15/h8-9H,2-7H2,1H3. The van der Waals surface area contributed by atoms with E-state index in [2.05, 4.69) is 15.5 Å². The van der Waals surface area contributed by atoms with Gasteiger partial charge in [0.2, 0.25) is 0 Å². The Morgan fingerprint density at radius 2 is 2.24 bits per heavy atom. The van der Waals surface area contributed by atoms with Crippen LogP contribution < -0.4 is 4.84 Å². The summed E-state index contributed by atoms with van der Waals surface area (Å²) in [5.74, 6) is 0. The van der Waals surface area contributed by atoms with Crippen molar-refractivity contribution in [3.63, 3.8) is 0 Å². The molecular formula is C10H17N5O2. The first-order chi connectivity index (χ1) is 8.31. The summed E-state index contributed by atoms with van der Waals surface area (Å²) in [5, 5.41) is 10.3. The average Bonchev–Trinajstić information content (AvgIpc) is 2.84. The van der Waals surface area contributed by atoms with Crippen molar-refractivity contribution in [3.05, 3.63) is 6.33 Å². The van der Waals surface area contributed by atoms with E-state index in [0.717, 1.165) is 17.7 Å². The number of tetrazole rings is 1. The van der Waals surface area contributed by atoms with Gasteiger partial charge in [-0.25, -0.2) is 4.79 Å². The van der Waals surface area contributed by atoms with E-state index in [4.69, 9.17) is 4.84 Å². The van der Waals surface area contributed by atoms with Gasteiger partial charge in [0.05, 0.1) is 0 Å². The molecule has 0 spiro atoms. The molecule has 7 heteroatoms. The summed E-state index contributed by atoms with van der Waals surface area (Å²) in [6.07, 6.45) is 6.60. The molecule has 7 nitrogen and oxygen atoms in total. The van der Waals surface area contributed by atoms with E-state index in [9.17, 15) is 4.79 Å². The van der Waals surface area contributed by atoms with Gasteiger partial charge in [-0.15, -0.1) is 5.10 Å². The van der Waals surface area contributed by atoms with Gasteiger partial charge in [0.25, 0.3) is 0 Å². The third-order valence-electron chi connectivity index (χ3n) is 3.09. The van der Waals surface area contributed by atoms with Gasteiger partial charge in [-0.2, -0.15) is 0 Å². The molecule has 1 aliphatic carbocycles. The maximum absolute atomic E-state index is 11.9. The number of rotatable bonds is 3. The minimum absolute atomic E-state index is 0.290. The summed E-state index contributed by atoms with van der Waals surface area (Å²) in [4.78, 5) is 19.7. The first-order valence-corrected chi connectivity index (χ1v) is 6.03. The molecule has 1 fully saturated rings. The molecule has 2 rings (SSSR count). The van der Waals surface area contributed by atoms with Crippen molar-refractivity contribution >= 4 is 6.09 Å². The highest BCUT2D eigenvalue weighted by Gasteiger charge is 2.25. The van der Waals surface area contributed by atoms with Gasteiger partial charge in [-0.1, -0.05) is 24.1 Å². The second-order valence-corrected chi connectivity index (χ2v) is 4.15. The maximum atomic E-state index is 11.9. The zero-order chi connectivity index (χ0) is 12.1. The van der Waals surface area contributed by atoms with Crippen molar-refractivity contribution in [1.29, 1.82) is 0 Å². The average molecular weight is 239 g/mol. The van der Waals surface area contributed by atoms with Crippen molar-refractivity contribution < 1.29 is 9.63 Å². The Morgan fingerprint density at radius 1 is 1.47 bits per heavy atom. The van der Waals surface area contributed by atoms with E-state index in [1.54, 1.807) is 4.90 Å². The highest BCUT2D eigenvalue weighted by molar-refractivity contribution is 5.68. The second-order valence-electron chi connectivity index (χ2n) is 4.15. The van der Waals surface area contributed by atoms with Gasteiger partial charge in [-0.3, -0.25) is 4.84 Å². The fraction of sp³-hybridized carbons (Fsp3) is 0.800. The molecule has 0 N–H and O–H groups in total. The van der Waals surface area contributed by atoms with Crippen LogP contribution in [0, 0.1) is 0 Å². The van der Waals surface area contributed by atoms with Crippen LogP contribution in [0.4, 0.5) is 4.79 Å². The zero-order valence-corrected chi connectivity index (χ0v) is 9.95. The Morgan fingerprint density at radius 3 is 2.82 bits per heavy atom. The van der Waals surface area contributed by atoms with Crippen molar-refractivity contribution in [2.75, 3.05) is 6.54 Å². The number of amides is 1. The van der Waals surface area contributed by atoms with Gasteiger partial charge in [0.15, 0.2) is 6.33 Å². The van der Waals surface area contributed by atoms with Gasteiger partial charge in [0, 0.05) is 12.6 Å². The van der Waals surface area contributed by atoms with Crippen LogP contribution in [0.3, 0.4) is 0 Å². The number of hydrogen-bond donors (Lipinski definition) is 0. The summed E-state index contributed by atoms with van der Waals surface area (Å²) in [7, 11) is 0. The second kappa shape index (κ2) is 5.60. The number of aromatic nitrogens is 4. The fourth-order valence-electron chi connectivity index (χ4n) is 2.26. The van der Waals surface area contributed by atoms with E-state index in [1.165, 1.54) is 25.6 Å². The van der Waals surface area contributed by atoms with Crippen molar-refractivity contribution in [2.24, 2.45) is 0 Å². The van der Waals surface area contributed by atoms with Crippen molar-refractivity contribution in [2.45, 2.75) is 45.1 Å². The van der Waals surface area contributed by atoms with E-state index in [1.807, 2.05) is 6.92 Å². The first-order valence-electron chi connectivity index (χ1n) is 6.03. The number of carbonyl (C=O) groups excluding carboxylic acids is 1. The number of carbonyl (C=O) groups is 1. The molecule has 1 saturated carbocycles. The molecule has 94 valence electrons. The van der Waals surface area contributed by atoms with E-state index >= 15 is 0 Å². The summed E-state index contributed by atoms with van der Waals surface area (Å²) in [5.41, 5.74) is 0. The Labute approximate surface area is 99.7 Å². The monoisotopic (exact) mass is 239 g/mol. The molecule has 0 aromatic carbocycles. The smallest absolute Gasteiger partial charge is 0.304 e. The number of nitrogens with zero attached hydrogens (tertiary/aromatic N) is 5. The van der Waals surface area contributed by atoms with E-state index in [0.29, 0.717) is 6.54 Å². The molecule has 17 heavy (non-hydrogen) atoms. The molecule has 1 heterocycles. The first kappa shape index (κ1) is 11.8. The van der Waals surface area contributed by atoms with Crippen LogP contribution in [-0.4, -0.2) is 44.0 Å². The van der Waals surface area contributed by atoms with Gasteiger partial charge in [0.1, 0.15) is 0 Å². The lowest BCUT2D eigenvalue weighted by Gasteiger charge is -2.32. The molecule has 1 aromatic rings. The molecule has 0 bridgehead atoms. The Kier molecular flexibility index (Phi) is 3.89. The van der Waals surface area contributed by atoms with Crippen LogP contribution in [-0.2, 0) is 0 Å². The van der Waals surface area contributed by atoms with Crippen LogP contribution in [0.15, 0.2) is 6.33 Å². The van der Waals surface area contributed by atoms with Gasteiger partial charge < -0.3 is 4.90 Å². The quantitative estimate of drug-likeness (QED) is 0.732. The summed E-state index contributed by atoms with van der Waals surface area (Å²) in [6, 6.07) is 0.290. The van der Waals surface area contributed by atoms with E-state index < -0.39 is 0 Å². The van der Waals surface area contributed by atoms with Gasteiger partial charge in [-0.05, 0) is 30.2 Å². The Balaban J connectivity index is 1.94. The lowest BCUT2D eigenvalue weighted by Crippen LogP contribution is -2.44. The van der Waals surface area contributed by atoms with Crippen LogP contribution in [0.25, 0.3) is 0 Å². The highest BCUT2D eigenvalue weighted by Crippen LogP contribution is 2.22. The molecule has 1 aliphatic rings. The molecule has 0 saturated heterocycles. The van der Waals surface area contributed by atoms with Crippen LogP contribution in [0.5, 0.6) is 0 Å². The third kappa shape index (κ3) is 2.92. The van der Waals surface area contributed by atoms with Gasteiger partial charge >= 0.3 is 6.09 Å². The summed E-state index contributed by atoms with van der Waals surface area (Å²) in [6.45, 7) is 2.60. The zero-order valence-electron chi connectivity index (χ0n) is 9.95. The SMILES string of the molecule is CCN(C(=O)On1cnnn1)C1CCCCC1. The summed E-state index contributed by atoms with van der Waals surface area (Å²) >= 11 is 0. The predicted octanol–water partition coefficient (Wildman–Crippen LogP) is 0.876. The number of hydrogen-bond acceptors (Lipinski definition) is 5. The van der Waals surface area contributed by atoms with E-state index in [-0.39, 0.29) is 12.1 Å². The Hall–Kier alpha value is -1.66. The molecule has 1 aromatic heterocycles. The fourth-order valence-corrected chi connectivity index (χ4v) is 2.26. The topological polar surface area (TPSA) is 73.1 Å². The third-order valence-corrected chi connectivity index (χ3v) is 3.09. The molecule has 0 radical (unpaired) electrons. The lowest BCUT2D eigenvalue weighted by atomic mass is 9.94. The van der Waals surface area contributed by atoms with Crippen molar-refractivity contribution in [1.82, 2.24) is 25.3 Å². The van der Waals surface area contributed by atoms with Crippen molar-refractivity contribution in [3.8, 4) is 0 Å². The van der Waals surface area contributed by atoms with Crippen LogP contribution in [0.2, 0.25) is 0 Å². The Bertz CT molecular complexity index is 348. The molecular weight excluding hydrogens is 222 g/mol. The highest BCUT2D eigenvalue weighted by atomic mass is 16.7.